The van der Waals surface area contributed by atoms with Crippen LogP contribution in [-0.4, -0.2) is 60.9 Å². The van der Waals surface area contributed by atoms with Crippen LogP contribution in [0, 0.1) is 0 Å². The SMILES string of the molecule is CCN1CCN(C(=O)CC(=O)N2CCc3ccccc32)CC1. The number of amides is 2. The molecule has 0 unspecified atom stereocenters. The maximum Gasteiger partial charge on any atom is 0.236 e. The molecule has 3 rings (SSSR count). The van der Waals surface area contributed by atoms with Crippen LogP contribution in [0.5, 0.6) is 0 Å². The second-order valence-corrected chi connectivity index (χ2v) is 5.92. The Hall–Kier alpha value is -1.88. The lowest BCUT2D eigenvalue weighted by atomic mass is 10.2. The van der Waals surface area contributed by atoms with Gasteiger partial charge in [-0.3, -0.25) is 9.59 Å². The summed E-state index contributed by atoms with van der Waals surface area (Å²) < 4.78 is 0. The van der Waals surface area contributed by atoms with E-state index in [1.54, 1.807) is 4.90 Å². The highest BCUT2D eigenvalue weighted by Gasteiger charge is 2.28. The van der Waals surface area contributed by atoms with Crippen LogP contribution < -0.4 is 4.90 Å². The van der Waals surface area contributed by atoms with Gasteiger partial charge >= 0.3 is 0 Å². The number of hydrogen-bond acceptors (Lipinski definition) is 3. The molecule has 2 heterocycles. The number of nitrogens with zero attached hydrogens (tertiary/aromatic N) is 3. The predicted molar refractivity (Wildman–Crippen MR) is 85.8 cm³/mol. The van der Waals surface area contributed by atoms with E-state index in [0.29, 0.717) is 6.54 Å². The van der Waals surface area contributed by atoms with Gasteiger partial charge in [0.25, 0.3) is 0 Å². The van der Waals surface area contributed by atoms with Crippen LogP contribution in [0.3, 0.4) is 0 Å². The van der Waals surface area contributed by atoms with E-state index in [2.05, 4.69) is 17.9 Å². The number of fused-ring (bicyclic) bond motifs is 1. The monoisotopic (exact) mass is 301 g/mol. The van der Waals surface area contributed by atoms with E-state index in [0.717, 1.165) is 44.8 Å². The third-order valence-electron chi connectivity index (χ3n) is 4.66. The summed E-state index contributed by atoms with van der Waals surface area (Å²) >= 11 is 0. The van der Waals surface area contributed by atoms with E-state index in [1.165, 1.54) is 5.56 Å². The molecule has 2 amide bonds. The molecular formula is C17H23N3O2. The fourth-order valence-corrected chi connectivity index (χ4v) is 3.25. The molecule has 2 aliphatic heterocycles. The molecule has 1 aromatic rings. The second kappa shape index (κ2) is 6.48. The summed E-state index contributed by atoms with van der Waals surface area (Å²) in [6.07, 6.45) is 0.867. The Labute approximate surface area is 131 Å². The van der Waals surface area contributed by atoms with Crippen molar-refractivity contribution in [2.24, 2.45) is 0 Å². The molecule has 0 atom stereocenters. The van der Waals surface area contributed by atoms with Gasteiger partial charge in [0.2, 0.25) is 11.8 Å². The Morgan fingerprint density at radius 2 is 1.73 bits per heavy atom. The van der Waals surface area contributed by atoms with Gasteiger partial charge in [0, 0.05) is 38.4 Å². The molecule has 0 aliphatic carbocycles. The minimum absolute atomic E-state index is 0.0134. The lowest BCUT2D eigenvalue weighted by Gasteiger charge is -2.34. The maximum atomic E-state index is 12.4. The molecule has 22 heavy (non-hydrogen) atoms. The summed E-state index contributed by atoms with van der Waals surface area (Å²) in [5.74, 6) is -0.113. The Morgan fingerprint density at radius 3 is 2.45 bits per heavy atom. The molecule has 2 aliphatic rings. The lowest BCUT2D eigenvalue weighted by Crippen LogP contribution is -2.49. The third kappa shape index (κ3) is 2.99. The zero-order valence-electron chi connectivity index (χ0n) is 13.1. The molecular weight excluding hydrogens is 278 g/mol. The quantitative estimate of drug-likeness (QED) is 0.786. The van der Waals surface area contributed by atoms with Crippen molar-refractivity contribution in [3.05, 3.63) is 29.8 Å². The summed E-state index contributed by atoms with van der Waals surface area (Å²) in [6, 6.07) is 7.94. The zero-order chi connectivity index (χ0) is 15.5. The van der Waals surface area contributed by atoms with Crippen LogP contribution in [0.2, 0.25) is 0 Å². The normalized spacial score (nSPS) is 18.4. The average Bonchev–Trinajstić information content (AvgIpc) is 2.99. The standard InChI is InChI=1S/C17H23N3O2/c1-2-18-9-11-19(12-10-18)16(21)13-17(22)20-8-7-14-5-3-4-6-15(14)20/h3-6H,2,7-13H2,1H3. The smallest absolute Gasteiger partial charge is 0.236 e. The summed E-state index contributed by atoms with van der Waals surface area (Å²) in [7, 11) is 0. The number of likely N-dealkylation sites (N-methyl/N-ethyl adjacent to an activating group) is 1. The molecule has 0 radical (unpaired) electrons. The van der Waals surface area contributed by atoms with Crippen molar-refractivity contribution < 1.29 is 9.59 Å². The number of rotatable bonds is 3. The second-order valence-electron chi connectivity index (χ2n) is 5.92. The zero-order valence-corrected chi connectivity index (χ0v) is 13.1. The van der Waals surface area contributed by atoms with Crippen LogP contribution in [0.4, 0.5) is 5.69 Å². The van der Waals surface area contributed by atoms with Crippen molar-refractivity contribution in [3.8, 4) is 0 Å². The molecule has 5 heteroatoms. The Balaban J connectivity index is 1.57. The Bertz CT molecular complexity index is 565. The molecule has 1 fully saturated rings. The minimum atomic E-state index is -0.0760. The first-order valence-electron chi connectivity index (χ1n) is 8.07. The van der Waals surface area contributed by atoms with Crippen LogP contribution >= 0.6 is 0 Å². The van der Waals surface area contributed by atoms with Gasteiger partial charge in [0.15, 0.2) is 0 Å². The first-order valence-corrected chi connectivity index (χ1v) is 8.07. The number of benzene rings is 1. The van der Waals surface area contributed by atoms with Gasteiger partial charge in [-0.25, -0.2) is 0 Å². The van der Waals surface area contributed by atoms with E-state index in [9.17, 15) is 9.59 Å². The van der Waals surface area contributed by atoms with Crippen molar-refractivity contribution >= 4 is 17.5 Å². The first-order chi connectivity index (χ1) is 10.7. The van der Waals surface area contributed by atoms with E-state index < -0.39 is 0 Å². The fraction of sp³-hybridized carbons (Fsp3) is 0.529. The van der Waals surface area contributed by atoms with Crippen molar-refractivity contribution in [1.29, 1.82) is 0 Å². The molecule has 1 aromatic carbocycles. The summed E-state index contributed by atoms with van der Waals surface area (Å²) in [4.78, 5) is 30.7. The lowest BCUT2D eigenvalue weighted by molar-refractivity contribution is -0.136. The maximum absolute atomic E-state index is 12.4. The van der Waals surface area contributed by atoms with Crippen LogP contribution in [0.1, 0.15) is 18.9 Å². The third-order valence-corrected chi connectivity index (χ3v) is 4.66. The van der Waals surface area contributed by atoms with E-state index in [-0.39, 0.29) is 18.2 Å². The molecule has 0 spiro atoms. The van der Waals surface area contributed by atoms with Crippen molar-refractivity contribution in [3.63, 3.8) is 0 Å². The largest absolute Gasteiger partial charge is 0.340 e. The van der Waals surface area contributed by atoms with Gasteiger partial charge in [-0.15, -0.1) is 0 Å². The van der Waals surface area contributed by atoms with Crippen molar-refractivity contribution in [2.45, 2.75) is 19.8 Å². The average molecular weight is 301 g/mol. The van der Waals surface area contributed by atoms with Crippen molar-refractivity contribution in [1.82, 2.24) is 9.80 Å². The van der Waals surface area contributed by atoms with Gasteiger partial charge in [-0.2, -0.15) is 0 Å². The highest BCUT2D eigenvalue weighted by atomic mass is 16.2. The van der Waals surface area contributed by atoms with Gasteiger partial charge in [-0.05, 0) is 24.6 Å². The molecule has 0 bridgehead atoms. The fourth-order valence-electron chi connectivity index (χ4n) is 3.25. The Kier molecular flexibility index (Phi) is 4.43. The highest BCUT2D eigenvalue weighted by molar-refractivity contribution is 6.06. The summed E-state index contributed by atoms with van der Waals surface area (Å²) in [5.41, 5.74) is 2.16. The number of para-hydroxylation sites is 1. The van der Waals surface area contributed by atoms with E-state index >= 15 is 0 Å². The van der Waals surface area contributed by atoms with Gasteiger partial charge in [0.1, 0.15) is 6.42 Å². The number of carbonyl (C=O) groups is 2. The van der Waals surface area contributed by atoms with Crippen LogP contribution in [0.25, 0.3) is 0 Å². The van der Waals surface area contributed by atoms with Crippen LogP contribution in [0.15, 0.2) is 24.3 Å². The van der Waals surface area contributed by atoms with Gasteiger partial charge in [0.05, 0.1) is 0 Å². The number of piperazine rings is 1. The van der Waals surface area contributed by atoms with Crippen LogP contribution in [-0.2, 0) is 16.0 Å². The molecule has 0 saturated carbocycles. The molecule has 1 saturated heterocycles. The van der Waals surface area contributed by atoms with Gasteiger partial charge in [-0.1, -0.05) is 25.1 Å². The topological polar surface area (TPSA) is 43.9 Å². The van der Waals surface area contributed by atoms with E-state index in [1.807, 2.05) is 23.1 Å². The number of carbonyl (C=O) groups excluding carboxylic acids is 2. The molecule has 0 N–H and O–H groups in total. The number of hydrogen-bond donors (Lipinski definition) is 0. The minimum Gasteiger partial charge on any atom is -0.340 e. The van der Waals surface area contributed by atoms with Crippen molar-refractivity contribution in [2.75, 3.05) is 44.2 Å². The highest BCUT2D eigenvalue weighted by Crippen LogP contribution is 2.27. The van der Waals surface area contributed by atoms with E-state index in [4.69, 9.17) is 0 Å². The Morgan fingerprint density at radius 1 is 1.00 bits per heavy atom. The number of anilines is 1. The summed E-state index contributed by atoms with van der Waals surface area (Å²) in [6.45, 7) is 7.12. The van der Waals surface area contributed by atoms with Gasteiger partial charge < -0.3 is 14.7 Å². The summed E-state index contributed by atoms with van der Waals surface area (Å²) in [5, 5.41) is 0. The predicted octanol–water partition coefficient (Wildman–Crippen LogP) is 1.13. The molecule has 0 aromatic heterocycles. The first kappa shape index (κ1) is 15.0. The molecule has 118 valence electrons. The molecule has 5 nitrogen and oxygen atoms in total.